The minimum absolute atomic E-state index is 0.491. The normalized spacial score (nSPS) is 17.1. The van der Waals surface area contributed by atoms with Crippen molar-refractivity contribution >= 4 is 22.6 Å². The summed E-state index contributed by atoms with van der Waals surface area (Å²) in [7, 11) is 0. The van der Waals surface area contributed by atoms with Crippen molar-refractivity contribution in [2.45, 2.75) is 25.4 Å². The van der Waals surface area contributed by atoms with Gasteiger partial charge in [-0.2, -0.15) is 0 Å². The molecule has 0 heterocycles. The summed E-state index contributed by atoms with van der Waals surface area (Å²) in [5.41, 5.74) is 0. The Hall–Kier alpha value is -0.250. The van der Waals surface area contributed by atoms with Crippen LogP contribution in [0.25, 0.3) is 0 Å². The van der Waals surface area contributed by atoms with E-state index >= 15 is 0 Å². The minimum Gasteiger partial charge on any atom is -0.490 e. The van der Waals surface area contributed by atoms with Gasteiger partial charge in [0.2, 0.25) is 0 Å². The Morgan fingerprint density at radius 3 is 2.33 bits per heavy atom. The third kappa shape index (κ3) is 1.91. The Morgan fingerprint density at radius 1 is 1.17 bits per heavy atom. The fraction of sp³-hybridized carbons (Fsp3) is 0.400. The fourth-order valence-electron chi connectivity index (χ4n) is 1.19. The molecule has 0 aromatic heterocycles. The maximum absolute atomic E-state index is 5.70. The SMILES string of the molecule is Ic1ccc(OC2CCC2)cc1. The van der Waals surface area contributed by atoms with Gasteiger partial charge in [0.1, 0.15) is 5.75 Å². The smallest absolute Gasteiger partial charge is 0.119 e. The molecule has 0 saturated heterocycles. The van der Waals surface area contributed by atoms with Gasteiger partial charge in [-0.1, -0.05) is 0 Å². The van der Waals surface area contributed by atoms with Crippen molar-refractivity contribution in [3.05, 3.63) is 27.8 Å². The highest BCUT2D eigenvalue weighted by Crippen LogP contribution is 2.25. The summed E-state index contributed by atoms with van der Waals surface area (Å²) in [6, 6.07) is 8.24. The second-order valence-electron chi connectivity index (χ2n) is 3.12. The molecule has 2 heteroatoms. The van der Waals surface area contributed by atoms with E-state index in [1.165, 1.54) is 22.8 Å². The van der Waals surface area contributed by atoms with Crippen LogP contribution in [0.3, 0.4) is 0 Å². The standard InChI is InChI=1S/C10H11IO/c11-8-4-6-10(7-5-8)12-9-2-1-3-9/h4-7,9H,1-3H2. The van der Waals surface area contributed by atoms with E-state index in [1.807, 2.05) is 12.1 Å². The first-order valence-electron chi connectivity index (χ1n) is 4.27. The summed E-state index contributed by atoms with van der Waals surface area (Å²) in [6.45, 7) is 0. The van der Waals surface area contributed by atoms with Gasteiger partial charge in [0.05, 0.1) is 6.10 Å². The van der Waals surface area contributed by atoms with Crippen molar-refractivity contribution in [1.29, 1.82) is 0 Å². The molecule has 0 N–H and O–H groups in total. The first kappa shape index (κ1) is 8.35. The van der Waals surface area contributed by atoms with Gasteiger partial charge in [0.15, 0.2) is 0 Å². The van der Waals surface area contributed by atoms with Crippen LogP contribution < -0.4 is 4.74 Å². The zero-order valence-corrected chi connectivity index (χ0v) is 8.95. The number of halogens is 1. The van der Waals surface area contributed by atoms with E-state index in [9.17, 15) is 0 Å². The lowest BCUT2D eigenvalue weighted by atomic mass is 9.96. The molecule has 0 aliphatic heterocycles. The van der Waals surface area contributed by atoms with Crippen molar-refractivity contribution in [2.24, 2.45) is 0 Å². The molecule has 1 nitrogen and oxygen atoms in total. The zero-order chi connectivity index (χ0) is 8.39. The van der Waals surface area contributed by atoms with Gasteiger partial charge in [-0.05, 0) is 66.1 Å². The largest absolute Gasteiger partial charge is 0.490 e. The molecule has 1 fully saturated rings. The van der Waals surface area contributed by atoms with E-state index in [1.54, 1.807) is 0 Å². The summed E-state index contributed by atoms with van der Waals surface area (Å²) >= 11 is 2.30. The number of hydrogen-bond acceptors (Lipinski definition) is 1. The summed E-state index contributed by atoms with van der Waals surface area (Å²) < 4.78 is 6.96. The van der Waals surface area contributed by atoms with Crippen LogP contribution in [0.1, 0.15) is 19.3 Å². The highest BCUT2D eigenvalue weighted by molar-refractivity contribution is 14.1. The van der Waals surface area contributed by atoms with Crippen LogP contribution in [0.2, 0.25) is 0 Å². The predicted octanol–water partition coefficient (Wildman–Crippen LogP) is 3.22. The number of benzene rings is 1. The van der Waals surface area contributed by atoms with Crippen molar-refractivity contribution in [3.8, 4) is 5.75 Å². The van der Waals surface area contributed by atoms with E-state index < -0.39 is 0 Å². The molecule has 0 spiro atoms. The summed E-state index contributed by atoms with van der Waals surface area (Å²) in [5, 5.41) is 0. The quantitative estimate of drug-likeness (QED) is 0.752. The molecule has 64 valence electrons. The lowest BCUT2D eigenvalue weighted by Crippen LogP contribution is -2.24. The third-order valence-electron chi connectivity index (χ3n) is 2.17. The van der Waals surface area contributed by atoms with Gasteiger partial charge in [0.25, 0.3) is 0 Å². The zero-order valence-electron chi connectivity index (χ0n) is 6.79. The number of hydrogen-bond donors (Lipinski definition) is 0. The van der Waals surface area contributed by atoms with Crippen LogP contribution in [-0.4, -0.2) is 6.10 Å². The van der Waals surface area contributed by atoms with Crippen LogP contribution in [-0.2, 0) is 0 Å². The number of rotatable bonds is 2. The summed E-state index contributed by atoms with van der Waals surface area (Å²) in [5.74, 6) is 1.01. The van der Waals surface area contributed by atoms with E-state index in [0.717, 1.165) is 5.75 Å². The van der Waals surface area contributed by atoms with E-state index in [2.05, 4.69) is 34.7 Å². The molecule has 0 amide bonds. The lowest BCUT2D eigenvalue weighted by Gasteiger charge is -2.26. The van der Waals surface area contributed by atoms with Crippen molar-refractivity contribution in [1.82, 2.24) is 0 Å². The molecular formula is C10H11IO. The molecule has 1 aliphatic carbocycles. The molecule has 0 atom stereocenters. The van der Waals surface area contributed by atoms with Crippen LogP contribution in [0.4, 0.5) is 0 Å². The van der Waals surface area contributed by atoms with E-state index in [4.69, 9.17) is 4.74 Å². The topological polar surface area (TPSA) is 9.23 Å². The van der Waals surface area contributed by atoms with Crippen LogP contribution in [0, 0.1) is 3.57 Å². The second-order valence-corrected chi connectivity index (χ2v) is 4.37. The van der Waals surface area contributed by atoms with Gasteiger partial charge in [0, 0.05) is 3.57 Å². The van der Waals surface area contributed by atoms with Gasteiger partial charge >= 0.3 is 0 Å². The van der Waals surface area contributed by atoms with E-state index in [-0.39, 0.29) is 0 Å². The van der Waals surface area contributed by atoms with Crippen molar-refractivity contribution < 1.29 is 4.74 Å². The van der Waals surface area contributed by atoms with Crippen molar-refractivity contribution in [2.75, 3.05) is 0 Å². The van der Waals surface area contributed by atoms with Crippen molar-refractivity contribution in [3.63, 3.8) is 0 Å². The number of ether oxygens (including phenoxy) is 1. The molecule has 1 aromatic carbocycles. The Kier molecular flexibility index (Phi) is 2.54. The van der Waals surface area contributed by atoms with Gasteiger partial charge in [-0.3, -0.25) is 0 Å². The van der Waals surface area contributed by atoms with Gasteiger partial charge in [-0.15, -0.1) is 0 Å². The highest BCUT2D eigenvalue weighted by atomic mass is 127. The molecule has 0 unspecified atom stereocenters. The average molecular weight is 274 g/mol. The maximum Gasteiger partial charge on any atom is 0.119 e. The van der Waals surface area contributed by atoms with E-state index in [0.29, 0.717) is 6.10 Å². The first-order valence-corrected chi connectivity index (χ1v) is 5.35. The summed E-state index contributed by atoms with van der Waals surface area (Å²) in [6.07, 6.45) is 4.28. The fourth-order valence-corrected chi connectivity index (χ4v) is 1.55. The van der Waals surface area contributed by atoms with Crippen LogP contribution >= 0.6 is 22.6 Å². The monoisotopic (exact) mass is 274 g/mol. The minimum atomic E-state index is 0.491. The molecule has 2 rings (SSSR count). The predicted molar refractivity (Wildman–Crippen MR) is 57.4 cm³/mol. The third-order valence-corrected chi connectivity index (χ3v) is 2.89. The Balaban J connectivity index is 1.98. The van der Waals surface area contributed by atoms with Gasteiger partial charge < -0.3 is 4.74 Å². The molecule has 1 aliphatic rings. The first-order chi connectivity index (χ1) is 5.84. The van der Waals surface area contributed by atoms with Crippen LogP contribution in [0.5, 0.6) is 5.75 Å². The Labute approximate surface area is 86.3 Å². The lowest BCUT2D eigenvalue weighted by molar-refractivity contribution is 0.120. The van der Waals surface area contributed by atoms with Crippen LogP contribution in [0.15, 0.2) is 24.3 Å². The molecule has 1 aromatic rings. The molecular weight excluding hydrogens is 263 g/mol. The highest BCUT2D eigenvalue weighted by Gasteiger charge is 2.18. The average Bonchev–Trinajstić information content (AvgIpc) is 2.00. The molecule has 12 heavy (non-hydrogen) atoms. The van der Waals surface area contributed by atoms with Gasteiger partial charge in [-0.25, -0.2) is 0 Å². The molecule has 1 saturated carbocycles. The molecule has 0 radical (unpaired) electrons. The second kappa shape index (κ2) is 3.64. The Morgan fingerprint density at radius 2 is 1.83 bits per heavy atom. The Bertz CT molecular complexity index is 251. The molecule has 0 bridgehead atoms. The maximum atomic E-state index is 5.70. The summed E-state index contributed by atoms with van der Waals surface area (Å²) in [4.78, 5) is 0.